The van der Waals surface area contributed by atoms with Crippen molar-refractivity contribution in [3.8, 4) is 0 Å². The molecule has 1 aliphatic rings. The molecule has 0 aliphatic carbocycles. The summed E-state index contributed by atoms with van der Waals surface area (Å²) in [6.07, 6.45) is 3.02. The molecule has 2 aromatic rings. The highest BCUT2D eigenvalue weighted by molar-refractivity contribution is 5.85. The quantitative estimate of drug-likeness (QED) is 0.862. The number of fused-ring (bicyclic) bond motifs is 1. The van der Waals surface area contributed by atoms with Crippen LogP contribution in [0.25, 0.3) is 10.8 Å². The highest BCUT2D eigenvalue weighted by atomic mass is 35.5. The third-order valence-corrected chi connectivity index (χ3v) is 5.00. The van der Waals surface area contributed by atoms with Crippen molar-refractivity contribution < 1.29 is 4.79 Å². The highest BCUT2D eigenvalue weighted by Gasteiger charge is 2.21. The summed E-state index contributed by atoms with van der Waals surface area (Å²) in [5, 5.41) is 8.93. The maximum Gasteiger partial charge on any atom is 0.220 e. The molecule has 130 valence electrons. The summed E-state index contributed by atoms with van der Waals surface area (Å²) >= 11 is 0. The number of amides is 1. The molecule has 0 bridgehead atoms. The number of hydrogen-bond donors (Lipinski definition) is 2. The Morgan fingerprint density at radius 2 is 1.88 bits per heavy atom. The molecule has 0 saturated carbocycles. The second-order valence-corrected chi connectivity index (χ2v) is 6.73. The number of hydrogen-bond acceptors (Lipinski definition) is 2. The number of halogens is 1. The molecule has 3 nitrogen and oxygen atoms in total. The Balaban J connectivity index is 0.00000208. The molecule has 1 fully saturated rings. The molecule has 1 unspecified atom stereocenters. The van der Waals surface area contributed by atoms with Gasteiger partial charge in [-0.1, -0.05) is 43.3 Å². The molecule has 2 N–H and O–H groups in total. The Kier molecular flexibility index (Phi) is 7.07. The number of benzene rings is 2. The fourth-order valence-corrected chi connectivity index (χ4v) is 3.49. The van der Waals surface area contributed by atoms with E-state index in [4.69, 9.17) is 0 Å². The lowest BCUT2D eigenvalue weighted by Crippen LogP contribution is -2.33. The fraction of sp³-hybridized carbons (Fsp3) is 0.450. The second-order valence-electron chi connectivity index (χ2n) is 6.73. The van der Waals surface area contributed by atoms with Gasteiger partial charge in [-0.25, -0.2) is 0 Å². The summed E-state index contributed by atoms with van der Waals surface area (Å²) in [6.45, 7) is 5.01. The van der Waals surface area contributed by atoms with E-state index in [9.17, 15) is 4.79 Å². The highest BCUT2D eigenvalue weighted by Crippen LogP contribution is 2.24. The number of carbonyl (C=O) groups excluding carboxylic acids is 1. The average molecular weight is 347 g/mol. The second kappa shape index (κ2) is 9.05. The van der Waals surface area contributed by atoms with Gasteiger partial charge in [0.2, 0.25) is 5.91 Å². The van der Waals surface area contributed by atoms with Gasteiger partial charge in [-0.3, -0.25) is 4.79 Å². The van der Waals surface area contributed by atoms with Crippen LogP contribution in [0.3, 0.4) is 0 Å². The van der Waals surface area contributed by atoms with Crippen LogP contribution in [-0.2, 0) is 11.3 Å². The maximum atomic E-state index is 12.2. The van der Waals surface area contributed by atoms with Gasteiger partial charge in [0.25, 0.3) is 0 Å². The van der Waals surface area contributed by atoms with Gasteiger partial charge in [-0.15, -0.1) is 12.4 Å². The molecule has 1 aliphatic heterocycles. The van der Waals surface area contributed by atoms with E-state index in [0.717, 1.165) is 18.7 Å². The SMILES string of the molecule is CC(CC(=O)NCc1ccc2ccccc2c1)C1CCNCC1.Cl. The molecule has 1 heterocycles. The summed E-state index contributed by atoms with van der Waals surface area (Å²) in [7, 11) is 0. The van der Waals surface area contributed by atoms with Crippen LogP contribution in [0.5, 0.6) is 0 Å². The predicted molar refractivity (Wildman–Crippen MR) is 102 cm³/mol. The Labute approximate surface area is 150 Å². The van der Waals surface area contributed by atoms with Crippen LogP contribution < -0.4 is 10.6 Å². The minimum Gasteiger partial charge on any atom is -0.352 e. The zero-order valence-electron chi connectivity index (χ0n) is 14.3. The number of carbonyl (C=O) groups is 1. The summed E-state index contributed by atoms with van der Waals surface area (Å²) < 4.78 is 0. The van der Waals surface area contributed by atoms with Crippen LogP contribution in [0.2, 0.25) is 0 Å². The first-order chi connectivity index (χ1) is 11.2. The molecule has 1 amide bonds. The minimum atomic E-state index is 0. The van der Waals surface area contributed by atoms with Gasteiger partial charge in [-0.2, -0.15) is 0 Å². The van der Waals surface area contributed by atoms with Crippen molar-refractivity contribution in [2.75, 3.05) is 13.1 Å². The van der Waals surface area contributed by atoms with E-state index in [2.05, 4.69) is 47.9 Å². The molecule has 2 aromatic carbocycles. The van der Waals surface area contributed by atoms with Gasteiger partial charge < -0.3 is 10.6 Å². The number of piperidine rings is 1. The van der Waals surface area contributed by atoms with Gasteiger partial charge in [0.15, 0.2) is 0 Å². The van der Waals surface area contributed by atoms with Crippen molar-refractivity contribution >= 4 is 29.1 Å². The van der Waals surface area contributed by atoms with Crippen molar-refractivity contribution in [2.24, 2.45) is 11.8 Å². The molecule has 4 heteroatoms. The van der Waals surface area contributed by atoms with Crippen molar-refractivity contribution in [2.45, 2.75) is 32.7 Å². The van der Waals surface area contributed by atoms with E-state index >= 15 is 0 Å². The van der Waals surface area contributed by atoms with Crippen molar-refractivity contribution in [1.29, 1.82) is 0 Å². The predicted octanol–water partition coefficient (Wildman–Crippen LogP) is 3.90. The third-order valence-electron chi connectivity index (χ3n) is 5.00. The van der Waals surface area contributed by atoms with E-state index in [1.54, 1.807) is 0 Å². The first-order valence-electron chi connectivity index (χ1n) is 8.67. The normalized spacial score (nSPS) is 16.4. The van der Waals surface area contributed by atoms with Gasteiger partial charge >= 0.3 is 0 Å². The van der Waals surface area contributed by atoms with Crippen LogP contribution >= 0.6 is 12.4 Å². The summed E-state index contributed by atoms with van der Waals surface area (Å²) in [5.41, 5.74) is 1.16. The Hall–Kier alpha value is -1.58. The third kappa shape index (κ3) is 4.96. The zero-order valence-corrected chi connectivity index (χ0v) is 15.1. The fourth-order valence-electron chi connectivity index (χ4n) is 3.49. The topological polar surface area (TPSA) is 41.1 Å². The standard InChI is InChI=1S/C20H26N2O.ClH/c1-15(17-8-10-21-11-9-17)12-20(23)22-14-16-6-7-18-4-2-3-5-19(18)13-16;/h2-7,13,15,17,21H,8-12,14H2,1H3,(H,22,23);1H. The van der Waals surface area contributed by atoms with Crippen LogP contribution in [0.15, 0.2) is 42.5 Å². The monoisotopic (exact) mass is 346 g/mol. The van der Waals surface area contributed by atoms with Gasteiger partial charge in [-0.05, 0) is 60.2 Å². The molecule has 1 atom stereocenters. The van der Waals surface area contributed by atoms with Crippen molar-refractivity contribution in [1.82, 2.24) is 10.6 Å². The van der Waals surface area contributed by atoms with Crippen LogP contribution in [0, 0.1) is 11.8 Å². The van der Waals surface area contributed by atoms with Crippen LogP contribution in [-0.4, -0.2) is 19.0 Å². The largest absolute Gasteiger partial charge is 0.352 e. The van der Waals surface area contributed by atoms with E-state index in [1.165, 1.54) is 23.6 Å². The smallest absolute Gasteiger partial charge is 0.220 e. The number of rotatable bonds is 5. The van der Waals surface area contributed by atoms with Gasteiger partial charge in [0.05, 0.1) is 0 Å². The Bertz CT molecular complexity index is 667. The van der Waals surface area contributed by atoms with Crippen molar-refractivity contribution in [3.05, 3.63) is 48.0 Å². The lowest BCUT2D eigenvalue weighted by atomic mass is 9.84. The van der Waals surface area contributed by atoms with E-state index in [1.807, 2.05) is 12.1 Å². The van der Waals surface area contributed by atoms with Crippen LogP contribution in [0.1, 0.15) is 31.7 Å². The molecule has 0 aromatic heterocycles. The summed E-state index contributed by atoms with van der Waals surface area (Å²) in [6, 6.07) is 14.7. The number of nitrogens with one attached hydrogen (secondary N) is 2. The van der Waals surface area contributed by atoms with E-state index < -0.39 is 0 Å². The summed E-state index contributed by atoms with van der Waals surface area (Å²) in [4.78, 5) is 12.2. The van der Waals surface area contributed by atoms with Crippen LogP contribution in [0.4, 0.5) is 0 Å². The Morgan fingerprint density at radius 1 is 1.17 bits per heavy atom. The molecular formula is C20H27ClN2O. The Morgan fingerprint density at radius 3 is 2.62 bits per heavy atom. The molecule has 1 saturated heterocycles. The maximum absolute atomic E-state index is 12.2. The minimum absolute atomic E-state index is 0. The van der Waals surface area contributed by atoms with Gasteiger partial charge in [0.1, 0.15) is 0 Å². The lowest BCUT2D eigenvalue weighted by Gasteiger charge is -2.27. The van der Waals surface area contributed by atoms with Gasteiger partial charge in [0, 0.05) is 13.0 Å². The first-order valence-corrected chi connectivity index (χ1v) is 8.67. The molecule has 0 spiro atoms. The van der Waals surface area contributed by atoms with E-state index in [0.29, 0.717) is 24.8 Å². The summed E-state index contributed by atoms with van der Waals surface area (Å²) in [5.74, 6) is 1.32. The first kappa shape index (κ1) is 18.8. The molecule has 3 rings (SSSR count). The molecular weight excluding hydrogens is 320 g/mol. The zero-order chi connectivity index (χ0) is 16.1. The van der Waals surface area contributed by atoms with E-state index in [-0.39, 0.29) is 18.3 Å². The molecule has 0 radical (unpaired) electrons. The average Bonchev–Trinajstić information content (AvgIpc) is 2.60. The van der Waals surface area contributed by atoms with Crippen molar-refractivity contribution in [3.63, 3.8) is 0 Å². The lowest BCUT2D eigenvalue weighted by molar-refractivity contribution is -0.122. The molecule has 24 heavy (non-hydrogen) atoms.